The number of rotatable bonds is 6. The molecule has 0 atom stereocenters. The van der Waals surface area contributed by atoms with Crippen LogP contribution in [0.4, 0.5) is 0 Å². The quantitative estimate of drug-likeness (QED) is 0.581. The molecule has 0 radical (unpaired) electrons. The van der Waals surface area contributed by atoms with Gasteiger partial charge in [-0.25, -0.2) is 4.68 Å². The maximum Gasteiger partial charge on any atom is 0.327 e. The maximum atomic E-state index is 11.5. The maximum absolute atomic E-state index is 11.5. The van der Waals surface area contributed by atoms with E-state index in [9.17, 15) is 4.79 Å². The predicted molar refractivity (Wildman–Crippen MR) is 76.8 cm³/mol. The summed E-state index contributed by atoms with van der Waals surface area (Å²) < 4.78 is 6.23. The van der Waals surface area contributed by atoms with E-state index in [1.165, 1.54) is 9.48 Å². The van der Waals surface area contributed by atoms with Crippen LogP contribution in [0, 0.1) is 0 Å². The van der Waals surface area contributed by atoms with Crippen molar-refractivity contribution in [3.05, 3.63) is 36.2 Å². The summed E-state index contributed by atoms with van der Waals surface area (Å²) in [5, 5.41) is 23.5. The van der Waals surface area contributed by atoms with Gasteiger partial charge in [0, 0.05) is 5.56 Å². The summed E-state index contributed by atoms with van der Waals surface area (Å²) in [7, 11) is 0. The first-order chi connectivity index (χ1) is 11.3. The Morgan fingerprint density at radius 2 is 2.00 bits per heavy atom. The molecule has 0 amide bonds. The highest BCUT2D eigenvalue weighted by Crippen LogP contribution is 2.11. The van der Waals surface area contributed by atoms with Crippen LogP contribution in [-0.4, -0.2) is 53.0 Å². The average Bonchev–Trinajstić information content (AvgIpc) is 3.19. The molecule has 0 N–H and O–H groups in total. The lowest BCUT2D eigenvalue weighted by atomic mass is 10.2. The van der Waals surface area contributed by atoms with Crippen LogP contribution in [-0.2, 0) is 22.6 Å². The van der Waals surface area contributed by atoms with Gasteiger partial charge in [0.1, 0.15) is 13.1 Å². The van der Waals surface area contributed by atoms with Crippen molar-refractivity contribution in [3.63, 3.8) is 0 Å². The van der Waals surface area contributed by atoms with Crippen molar-refractivity contribution < 1.29 is 9.53 Å². The van der Waals surface area contributed by atoms with Gasteiger partial charge in [-0.3, -0.25) is 4.79 Å². The molecule has 0 aliphatic heterocycles. The van der Waals surface area contributed by atoms with Gasteiger partial charge in [0.15, 0.2) is 5.82 Å². The van der Waals surface area contributed by atoms with Crippen molar-refractivity contribution in [2.24, 2.45) is 0 Å². The van der Waals surface area contributed by atoms with Crippen molar-refractivity contribution in [3.8, 4) is 11.4 Å². The number of carbonyl (C=O) groups excluding carboxylic acids is 1. The second-order valence-corrected chi connectivity index (χ2v) is 4.57. The van der Waals surface area contributed by atoms with Gasteiger partial charge >= 0.3 is 5.97 Å². The number of aromatic nitrogens is 8. The summed E-state index contributed by atoms with van der Waals surface area (Å²) >= 11 is 0. The molecule has 0 saturated carbocycles. The smallest absolute Gasteiger partial charge is 0.327 e. The monoisotopic (exact) mass is 314 g/mol. The van der Waals surface area contributed by atoms with E-state index in [2.05, 4.69) is 30.9 Å². The summed E-state index contributed by atoms with van der Waals surface area (Å²) in [6, 6.07) is 9.50. The molecule has 0 fully saturated rings. The Labute approximate surface area is 131 Å². The highest BCUT2D eigenvalue weighted by Gasteiger charge is 2.13. The molecule has 0 unspecified atom stereocenters. The number of nitrogens with zero attached hydrogens (tertiary/aromatic N) is 8. The summed E-state index contributed by atoms with van der Waals surface area (Å²) in [5.41, 5.74) is 0.866. The molecule has 118 valence electrons. The molecule has 23 heavy (non-hydrogen) atoms. The predicted octanol–water partition coefficient (Wildman–Crippen LogP) is -0.0620. The number of esters is 1. The van der Waals surface area contributed by atoms with E-state index in [1.807, 2.05) is 30.3 Å². The second kappa shape index (κ2) is 6.73. The first-order valence-corrected chi connectivity index (χ1v) is 7.00. The Bertz CT molecular complexity index is 782. The third-order valence-corrected chi connectivity index (χ3v) is 2.96. The number of hydrogen-bond donors (Lipinski definition) is 0. The molecule has 0 aliphatic rings. The van der Waals surface area contributed by atoms with Crippen LogP contribution in [0.25, 0.3) is 11.4 Å². The second-order valence-electron chi connectivity index (χ2n) is 4.57. The summed E-state index contributed by atoms with van der Waals surface area (Å²) in [5.74, 6) is 0.544. The van der Waals surface area contributed by atoms with E-state index in [4.69, 9.17) is 4.74 Å². The Morgan fingerprint density at radius 3 is 2.78 bits per heavy atom. The van der Waals surface area contributed by atoms with E-state index in [0.717, 1.165) is 5.56 Å². The van der Waals surface area contributed by atoms with E-state index >= 15 is 0 Å². The molecule has 2 heterocycles. The Morgan fingerprint density at radius 1 is 1.17 bits per heavy atom. The van der Waals surface area contributed by atoms with Crippen molar-refractivity contribution >= 4 is 5.97 Å². The third-order valence-electron chi connectivity index (χ3n) is 2.96. The fourth-order valence-electron chi connectivity index (χ4n) is 1.93. The summed E-state index contributed by atoms with van der Waals surface area (Å²) in [6.45, 7) is 2.19. The van der Waals surface area contributed by atoms with Crippen LogP contribution in [0.3, 0.4) is 0 Å². The standard InChI is InChI=1S/C13H14N8O2/c1-2-23-12(22)9-20-11(14-17-19-20)8-21-16-13(15-18-21)10-6-4-3-5-7-10/h3-7H,2,8-9H2,1H3. The van der Waals surface area contributed by atoms with Crippen LogP contribution >= 0.6 is 0 Å². The number of tetrazole rings is 2. The average molecular weight is 314 g/mol. The van der Waals surface area contributed by atoms with Crippen LogP contribution in [0.2, 0.25) is 0 Å². The highest BCUT2D eigenvalue weighted by molar-refractivity contribution is 5.69. The minimum absolute atomic E-state index is 0.0591. The SMILES string of the molecule is CCOC(=O)Cn1nnnc1Cn1nnc(-c2ccccc2)n1. The van der Waals surface area contributed by atoms with Gasteiger partial charge in [0.05, 0.1) is 6.61 Å². The lowest BCUT2D eigenvalue weighted by molar-refractivity contribution is -0.144. The van der Waals surface area contributed by atoms with Gasteiger partial charge < -0.3 is 4.74 Å². The fraction of sp³-hybridized carbons (Fsp3) is 0.308. The lowest BCUT2D eigenvalue weighted by Gasteiger charge is -2.03. The molecular formula is C13H14N8O2. The van der Waals surface area contributed by atoms with E-state index in [-0.39, 0.29) is 13.1 Å². The van der Waals surface area contributed by atoms with Crippen molar-refractivity contribution in [2.75, 3.05) is 6.61 Å². The molecule has 10 nitrogen and oxygen atoms in total. The van der Waals surface area contributed by atoms with Crippen molar-refractivity contribution in [1.82, 2.24) is 40.4 Å². The molecular weight excluding hydrogens is 300 g/mol. The molecule has 2 aromatic heterocycles. The molecule has 0 saturated heterocycles. The van der Waals surface area contributed by atoms with E-state index in [1.54, 1.807) is 6.92 Å². The van der Waals surface area contributed by atoms with Crippen LogP contribution < -0.4 is 0 Å². The zero-order valence-electron chi connectivity index (χ0n) is 12.4. The summed E-state index contributed by atoms with van der Waals surface area (Å²) in [4.78, 5) is 12.9. The number of carbonyl (C=O) groups is 1. The topological polar surface area (TPSA) is 114 Å². The number of benzene rings is 1. The van der Waals surface area contributed by atoms with Crippen LogP contribution in [0.5, 0.6) is 0 Å². The zero-order chi connectivity index (χ0) is 16.1. The van der Waals surface area contributed by atoms with E-state index < -0.39 is 5.97 Å². The minimum atomic E-state index is -0.405. The minimum Gasteiger partial charge on any atom is -0.465 e. The first-order valence-electron chi connectivity index (χ1n) is 7.00. The fourth-order valence-corrected chi connectivity index (χ4v) is 1.93. The van der Waals surface area contributed by atoms with Gasteiger partial charge in [-0.2, -0.15) is 4.80 Å². The zero-order valence-corrected chi connectivity index (χ0v) is 12.4. The van der Waals surface area contributed by atoms with Crippen LogP contribution in [0.15, 0.2) is 30.3 Å². The number of hydrogen-bond acceptors (Lipinski definition) is 8. The van der Waals surface area contributed by atoms with Gasteiger partial charge in [0.2, 0.25) is 5.82 Å². The molecule has 1 aromatic carbocycles. The van der Waals surface area contributed by atoms with Gasteiger partial charge in [0.25, 0.3) is 0 Å². The summed E-state index contributed by atoms with van der Waals surface area (Å²) in [6.07, 6.45) is 0. The van der Waals surface area contributed by atoms with Gasteiger partial charge in [-0.1, -0.05) is 30.3 Å². The van der Waals surface area contributed by atoms with Crippen molar-refractivity contribution in [2.45, 2.75) is 20.0 Å². The Kier molecular flexibility index (Phi) is 4.32. The Balaban J connectivity index is 1.72. The molecule has 10 heteroatoms. The highest BCUT2D eigenvalue weighted by atomic mass is 16.5. The lowest BCUT2D eigenvalue weighted by Crippen LogP contribution is -2.18. The van der Waals surface area contributed by atoms with Gasteiger partial charge in [-0.05, 0) is 22.6 Å². The van der Waals surface area contributed by atoms with Gasteiger partial charge in [-0.15, -0.1) is 15.3 Å². The molecule has 0 aliphatic carbocycles. The Hall–Kier alpha value is -3.17. The van der Waals surface area contributed by atoms with Crippen LogP contribution in [0.1, 0.15) is 12.7 Å². The first kappa shape index (κ1) is 14.8. The molecule has 3 rings (SSSR count). The third kappa shape index (κ3) is 3.54. The molecule has 3 aromatic rings. The number of ether oxygens (including phenoxy) is 1. The largest absolute Gasteiger partial charge is 0.465 e. The molecule has 0 spiro atoms. The van der Waals surface area contributed by atoms with E-state index in [0.29, 0.717) is 18.3 Å². The molecule has 0 bridgehead atoms. The van der Waals surface area contributed by atoms with Crippen molar-refractivity contribution in [1.29, 1.82) is 0 Å². The normalized spacial score (nSPS) is 10.7.